The van der Waals surface area contributed by atoms with Crippen molar-refractivity contribution >= 4 is 23.7 Å². The normalized spacial score (nSPS) is 15.2. The zero-order valence-electron chi connectivity index (χ0n) is 16.6. The molecule has 0 radical (unpaired) electrons. The summed E-state index contributed by atoms with van der Waals surface area (Å²) >= 11 is 0. The van der Waals surface area contributed by atoms with Gasteiger partial charge in [-0.05, 0) is 38.6 Å². The van der Waals surface area contributed by atoms with Gasteiger partial charge in [-0.25, -0.2) is 4.79 Å². The number of nitrogens with one attached hydrogen (secondary N) is 3. The second-order valence-corrected chi connectivity index (χ2v) is 6.93. The van der Waals surface area contributed by atoms with Gasteiger partial charge in [-0.1, -0.05) is 13.8 Å². The summed E-state index contributed by atoms with van der Waals surface area (Å²) < 4.78 is 0. The highest BCUT2D eigenvalue weighted by molar-refractivity contribution is 5.93. The lowest BCUT2D eigenvalue weighted by atomic mass is 10.0. The van der Waals surface area contributed by atoms with Gasteiger partial charge in [-0.15, -0.1) is 0 Å². The summed E-state index contributed by atoms with van der Waals surface area (Å²) in [7, 11) is 0. The van der Waals surface area contributed by atoms with Gasteiger partial charge < -0.3 is 37.6 Å². The summed E-state index contributed by atoms with van der Waals surface area (Å²) in [6.45, 7) is 4.60. The number of hydrogen-bond donors (Lipinski definition) is 7. The molecule has 4 unspecified atom stereocenters. The van der Waals surface area contributed by atoms with E-state index in [-0.39, 0.29) is 12.3 Å². The van der Waals surface area contributed by atoms with Crippen LogP contribution in [0.4, 0.5) is 0 Å². The number of unbranched alkanes of at least 4 members (excludes halogenated alkanes) is 1. The van der Waals surface area contributed by atoms with E-state index in [1.54, 1.807) is 13.8 Å². The highest BCUT2D eigenvalue weighted by Crippen LogP contribution is 2.03. The zero-order chi connectivity index (χ0) is 21.9. The monoisotopic (exact) mass is 403 g/mol. The molecule has 0 aromatic carbocycles. The molecular formula is C17H33N5O6. The van der Waals surface area contributed by atoms with E-state index in [4.69, 9.17) is 21.7 Å². The van der Waals surface area contributed by atoms with Crippen molar-refractivity contribution in [2.75, 3.05) is 13.2 Å². The molecule has 0 spiro atoms. The van der Waals surface area contributed by atoms with Crippen LogP contribution in [-0.4, -0.2) is 71.2 Å². The van der Waals surface area contributed by atoms with Crippen molar-refractivity contribution in [1.82, 2.24) is 16.0 Å². The molecule has 0 aliphatic carbocycles. The number of carbonyl (C=O) groups is 4. The van der Waals surface area contributed by atoms with E-state index in [0.29, 0.717) is 19.4 Å². The van der Waals surface area contributed by atoms with Crippen LogP contribution in [0.1, 0.15) is 40.0 Å². The second kappa shape index (κ2) is 13.0. The molecule has 0 aliphatic heterocycles. The predicted molar refractivity (Wildman–Crippen MR) is 102 cm³/mol. The third-order valence-corrected chi connectivity index (χ3v) is 4.15. The molecule has 0 rings (SSSR count). The Labute approximate surface area is 164 Å². The highest BCUT2D eigenvalue weighted by Gasteiger charge is 2.28. The van der Waals surface area contributed by atoms with Crippen LogP contribution in [0.15, 0.2) is 0 Å². The fraction of sp³-hybridized carbons (Fsp3) is 0.765. The van der Waals surface area contributed by atoms with E-state index in [9.17, 15) is 19.2 Å². The van der Waals surface area contributed by atoms with E-state index in [1.165, 1.54) is 6.92 Å². The van der Waals surface area contributed by atoms with Crippen molar-refractivity contribution in [2.45, 2.75) is 64.2 Å². The standard InChI is InChI=1S/C17H33N5O6/c1-9(2)13(19)16(26)20-10(3)14(24)21-11(6-4-5-7-18)15(25)22-12(8-23)17(27)28/h9-13,23H,4-8,18-19H2,1-3H3,(H,20,26)(H,21,24)(H,22,25)(H,27,28). The van der Waals surface area contributed by atoms with Crippen molar-refractivity contribution in [1.29, 1.82) is 0 Å². The number of amides is 3. The first-order valence-corrected chi connectivity index (χ1v) is 9.25. The van der Waals surface area contributed by atoms with Crippen LogP contribution in [0.5, 0.6) is 0 Å². The molecule has 162 valence electrons. The Hall–Kier alpha value is -2.24. The maximum absolute atomic E-state index is 12.4. The number of rotatable bonds is 13. The first kappa shape index (κ1) is 25.8. The van der Waals surface area contributed by atoms with Crippen LogP contribution in [0, 0.1) is 5.92 Å². The van der Waals surface area contributed by atoms with Crippen molar-refractivity contribution in [2.24, 2.45) is 17.4 Å². The minimum atomic E-state index is -1.48. The predicted octanol–water partition coefficient (Wildman–Crippen LogP) is -2.35. The van der Waals surface area contributed by atoms with Crippen molar-refractivity contribution in [3.8, 4) is 0 Å². The number of nitrogens with two attached hydrogens (primary N) is 2. The smallest absolute Gasteiger partial charge is 0.328 e. The fourth-order valence-electron chi connectivity index (χ4n) is 2.19. The molecular weight excluding hydrogens is 370 g/mol. The van der Waals surface area contributed by atoms with Gasteiger partial charge in [0, 0.05) is 0 Å². The quantitative estimate of drug-likeness (QED) is 0.166. The summed E-state index contributed by atoms with van der Waals surface area (Å²) in [4.78, 5) is 47.7. The Morgan fingerprint density at radius 2 is 1.46 bits per heavy atom. The topological polar surface area (TPSA) is 197 Å². The van der Waals surface area contributed by atoms with Crippen molar-refractivity contribution in [3.63, 3.8) is 0 Å². The molecule has 11 heteroatoms. The Morgan fingerprint density at radius 1 is 0.893 bits per heavy atom. The second-order valence-electron chi connectivity index (χ2n) is 6.93. The van der Waals surface area contributed by atoms with Gasteiger partial charge in [-0.2, -0.15) is 0 Å². The number of carbonyl (C=O) groups excluding carboxylic acids is 3. The average Bonchev–Trinajstić information content (AvgIpc) is 2.63. The maximum atomic E-state index is 12.4. The van der Waals surface area contributed by atoms with Gasteiger partial charge in [0.25, 0.3) is 0 Å². The van der Waals surface area contributed by atoms with Crippen molar-refractivity contribution < 1.29 is 29.4 Å². The zero-order valence-corrected chi connectivity index (χ0v) is 16.6. The molecule has 0 saturated heterocycles. The van der Waals surface area contributed by atoms with Crippen LogP contribution in [0.2, 0.25) is 0 Å². The van der Waals surface area contributed by atoms with E-state index in [0.717, 1.165) is 0 Å². The number of aliphatic hydroxyl groups excluding tert-OH is 1. The summed E-state index contributed by atoms with van der Waals surface area (Å²) in [6, 6.07) is -4.25. The Morgan fingerprint density at radius 3 is 1.93 bits per heavy atom. The molecule has 0 saturated carbocycles. The molecule has 0 fully saturated rings. The van der Waals surface area contributed by atoms with E-state index in [1.807, 2.05) is 0 Å². The van der Waals surface area contributed by atoms with Crippen LogP contribution < -0.4 is 27.4 Å². The summed E-state index contributed by atoms with van der Waals surface area (Å²) in [5.74, 6) is -3.37. The van der Waals surface area contributed by atoms with Gasteiger partial charge in [0.05, 0.1) is 12.6 Å². The van der Waals surface area contributed by atoms with E-state index in [2.05, 4.69) is 16.0 Å². The van der Waals surface area contributed by atoms with E-state index >= 15 is 0 Å². The Kier molecular flexibility index (Phi) is 12.0. The van der Waals surface area contributed by atoms with Gasteiger partial charge >= 0.3 is 5.97 Å². The molecule has 0 aromatic heterocycles. The molecule has 0 heterocycles. The molecule has 0 bridgehead atoms. The summed E-state index contributed by atoms with van der Waals surface area (Å²) in [5, 5.41) is 25.1. The lowest BCUT2D eigenvalue weighted by Crippen LogP contribution is -2.57. The average molecular weight is 403 g/mol. The largest absolute Gasteiger partial charge is 0.480 e. The van der Waals surface area contributed by atoms with Gasteiger partial charge in [0.15, 0.2) is 0 Å². The summed E-state index contributed by atoms with van der Waals surface area (Å²) in [6.07, 6.45) is 1.35. The van der Waals surface area contributed by atoms with Crippen LogP contribution in [0.3, 0.4) is 0 Å². The molecule has 9 N–H and O–H groups in total. The molecule has 0 aliphatic rings. The highest BCUT2D eigenvalue weighted by atomic mass is 16.4. The van der Waals surface area contributed by atoms with Gasteiger partial charge in [-0.3, -0.25) is 14.4 Å². The van der Waals surface area contributed by atoms with Gasteiger partial charge in [0.2, 0.25) is 17.7 Å². The number of hydrogen-bond acceptors (Lipinski definition) is 7. The first-order chi connectivity index (χ1) is 13.0. The summed E-state index contributed by atoms with van der Waals surface area (Å²) in [5.41, 5.74) is 11.2. The maximum Gasteiger partial charge on any atom is 0.328 e. The molecule has 4 atom stereocenters. The number of carboxylic acid groups (broad SMARTS) is 1. The van der Waals surface area contributed by atoms with E-state index < -0.39 is 54.5 Å². The minimum absolute atomic E-state index is 0.114. The third kappa shape index (κ3) is 9.11. The number of aliphatic carboxylic acids is 1. The molecule has 28 heavy (non-hydrogen) atoms. The fourth-order valence-corrected chi connectivity index (χ4v) is 2.19. The van der Waals surface area contributed by atoms with Crippen LogP contribution in [-0.2, 0) is 19.2 Å². The number of carboxylic acids is 1. The Bertz CT molecular complexity index is 542. The Balaban J connectivity index is 5.00. The first-order valence-electron chi connectivity index (χ1n) is 9.25. The van der Waals surface area contributed by atoms with Crippen molar-refractivity contribution in [3.05, 3.63) is 0 Å². The molecule has 11 nitrogen and oxygen atoms in total. The number of aliphatic hydroxyl groups is 1. The lowest BCUT2D eigenvalue weighted by molar-refractivity contribution is -0.143. The minimum Gasteiger partial charge on any atom is -0.480 e. The SMILES string of the molecule is CC(NC(=O)C(N)C(C)C)C(=O)NC(CCCCN)C(=O)NC(CO)C(=O)O. The third-order valence-electron chi connectivity index (χ3n) is 4.15. The molecule has 3 amide bonds. The van der Waals surface area contributed by atoms with Gasteiger partial charge in [0.1, 0.15) is 18.1 Å². The lowest BCUT2D eigenvalue weighted by Gasteiger charge is -2.24. The van der Waals surface area contributed by atoms with Crippen LogP contribution in [0.25, 0.3) is 0 Å². The van der Waals surface area contributed by atoms with Crippen LogP contribution >= 0.6 is 0 Å². The molecule has 0 aromatic rings.